The van der Waals surface area contributed by atoms with Crippen molar-refractivity contribution in [1.29, 1.82) is 0 Å². The molecule has 0 saturated heterocycles. The highest BCUT2D eigenvalue weighted by atomic mass is 32.2. The average molecular weight is 303 g/mol. The number of carboxylic acid groups (broad SMARTS) is 1. The number of nitrogens with two attached hydrogens (primary N) is 1. The number of carbonyl (C=O) groups is 1. The van der Waals surface area contributed by atoms with Crippen LogP contribution in [0.5, 0.6) is 11.5 Å². The Morgan fingerprint density at radius 3 is 2.57 bits per heavy atom. The van der Waals surface area contributed by atoms with Crippen molar-refractivity contribution in [2.24, 2.45) is 5.73 Å². The second-order valence-electron chi connectivity index (χ2n) is 4.52. The Bertz CT molecular complexity index is 589. The van der Waals surface area contributed by atoms with E-state index < -0.39 is 12.0 Å². The van der Waals surface area contributed by atoms with Crippen LogP contribution in [0.15, 0.2) is 54.6 Å². The molecule has 0 aliphatic carbocycles. The molecule has 0 aromatic heterocycles. The van der Waals surface area contributed by atoms with Gasteiger partial charge in [-0.25, -0.2) is 0 Å². The van der Waals surface area contributed by atoms with Gasteiger partial charge in [0.05, 0.1) is 0 Å². The minimum atomic E-state index is -0.969. The molecule has 21 heavy (non-hydrogen) atoms. The third-order valence-corrected chi connectivity index (χ3v) is 3.89. The van der Waals surface area contributed by atoms with Crippen LogP contribution in [0.2, 0.25) is 0 Å². The Labute approximate surface area is 127 Å². The first-order valence-electron chi connectivity index (χ1n) is 6.53. The molecule has 0 spiro atoms. The molecule has 0 heterocycles. The summed E-state index contributed by atoms with van der Waals surface area (Å²) >= 11 is 1.50. The van der Waals surface area contributed by atoms with Crippen LogP contribution < -0.4 is 10.5 Å². The third kappa shape index (κ3) is 5.13. The van der Waals surface area contributed by atoms with Crippen LogP contribution in [-0.4, -0.2) is 22.9 Å². The predicted octanol–water partition coefficient (Wildman–Crippen LogP) is 3.12. The van der Waals surface area contributed by atoms with Crippen LogP contribution in [0, 0.1) is 0 Å². The van der Waals surface area contributed by atoms with Gasteiger partial charge in [0.1, 0.15) is 17.5 Å². The number of hydrogen-bond acceptors (Lipinski definition) is 4. The van der Waals surface area contributed by atoms with Crippen LogP contribution in [0.3, 0.4) is 0 Å². The van der Waals surface area contributed by atoms with Gasteiger partial charge < -0.3 is 15.6 Å². The average Bonchev–Trinajstić information content (AvgIpc) is 2.48. The molecule has 0 unspecified atom stereocenters. The Hall–Kier alpha value is -1.98. The molecule has 2 aromatic rings. The largest absolute Gasteiger partial charge is 0.480 e. The number of rotatable bonds is 7. The first-order valence-corrected chi connectivity index (χ1v) is 7.68. The van der Waals surface area contributed by atoms with E-state index in [2.05, 4.69) is 0 Å². The maximum atomic E-state index is 10.6. The molecular weight excluding hydrogens is 286 g/mol. The van der Waals surface area contributed by atoms with Crippen molar-refractivity contribution in [3.8, 4) is 11.5 Å². The number of hydrogen-bond donors (Lipinski definition) is 2. The van der Waals surface area contributed by atoms with E-state index >= 15 is 0 Å². The molecule has 1 atom stereocenters. The van der Waals surface area contributed by atoms with Crippen molar-refractivity contribution < 1.29 is 14.6 Å². The van der Waals surface area contributed by atoms with Gasteiger partial charge in [-0.3, -0.25) is 4.79 Å². The van der Waals surface area contributed by atoms with E-state index in [1.165, 1.54) is 11.8 Å². The maximum Gasteiger partial charge on any atom is 0.321 e. The molecule has 2 aromatic carbocycles. The molecule has 3 N–H and O–H groups in total. The number of carboxylic acids is 1. The van der Waals surface area contributed by atoms with Crippen LogP contribution in [0.1, 0.15) is 5.56 Å². The molecule has 0 fully saturated rings. The normalized spacial score (nSPS) is 11.9. The molecule has 5 heteroatoms. The minimum Gasteiger partial charge on any atom is -0.480 e. The van der Waals surface area contributed by atoms with E-state index in [0.29, 0.717) is 11.5 Å². The molecule has 110 valence electrons. The fraction of sp³-hybridized carbons (Fsp3) is 0.188. The van der Waals surface area contributed by atoms with Crippen LogP contribution in [0.25, 0.3) is 0 Å². The molecule has 0 bridgehead atoms. The quantitative estimate of drug-likeness (QED) is 0.822. The van der Waals surface area contributed by atoms with E-state index in [-0.39, 0.29) is 0 Å². The predicted molar refractivity (Wildman–Crippen MR) is 84.7 cm³/mol. The summed E-state index contributed by atoms with van der Waals surface area (Å²) in [5.74, 6) is 1.67. The molecule has 0 saturated carbocycles. The van der Waals surface area contributed by atoms with E-state index in [1.807, 2.05) is 54.6 Å². The van der Waals surface area contributed by atoms with E-state index in [0.717, 1.165) is 17.1 Å². The first-order chi connectivity index (χ1) is 10.1. The van der Waals surface area contributed by atoms with Crippen LogP contribution in [0.4, 0.5) is 0 Å². The van der Waals surface area contributed by atoms with Crippen molar-refractivity contribution in [2.45, 2.75) is 11.8 Å². The van der Waals surface area contributed by atoms with Crippen molar-refractivity contribution in [3.05, 3.63) is 60.2 Å². The minimum absolute atomic E-state index is 0.388. The molecule has 2 rings (SSSR count). The smallest absolute Gasteiger partial charge is 0.321 e. The molecule has 0 amide bonds. The van der Waals surface area contributed by atoms with Gasteiger partial charge in [0.2, 0.25) is 0 Å². The highest BCUT2D eigenvalue weighted by Gasteiger charge is 2.10. The highest BCUT2D eigenvalue weighted by molar-refractivity contribution is 7.98. The van der Waals surface area contributed by atoms with Crippen molar-refractivity contribution in [2.75, 3.05) is 5.75 Å². The third-order valence-electron chi connectivity index (χ3n) is 2.76. The Balaban J connectivity index is 1.90. The second-order valence-corrected chi connectivity index (χ2v) is 5.55. The summed E-state index contributed by atoms with van der Waals surface area (Å²) in [6, 6.07) is 16.5. The van der Waals surface area contributed by atoms with E-state index in [9.17, 15) is 4.79 Å². The first kappa shape index (κ1) is 15.4. The summed E-state index contributed by atoms with van der Waals surface area (Å²) in [4.78, 5) is 10.6. The topological polar surface area (TPSA) is 72.5 Å². The van der Waals surface area contributed by atoms with E-state index in [4.69, 9.17) is 15.6 Å². The van der Waals surface area contributed by atoms with Crippen molar-refractivity contribution >= 4 is 17.7 Å². The lowest BCUT2D eigenvalue weighted by molar-refractivity contribution is -0.137. The molecule has 0 aliphatic heterocycles. The van der Waals surface area contributed by atoms with Gasteiger partial charge in [0.15, 0.2) is 0 Å². The monoisotopic (exact) mass is 303 g/mol. The fourth-order valence-corrected chi connectivity index (χ4v) is 2.63. The van der Waals surface area contributed by atoms with Crippen molar-refractivity contribution in [3.63, 3.8) is 0 Å². The second kappa shape index (κ2) is 7.71. The van der Waals surface area contributed by atoms with E-state index in [1.54, 1.807) is 0 Å². The van der Waals surface area contributed by atoms with Gasteiger partial charge >= 0.3 is 5.97 Å². The summed E-state index contributed by atoms with van der Waals surface area (Å²) in [5.41, 5.74) is 6.54. The molecule has 0 radical (unpaired) electrons. The number of ether oxygens (including phenoxy) is 1. The highest BCUT2D eigenvalue weighted by Crippen LogP contribution is 2.23. The Kier molecular flexibility index (Phi) is 5.66. The van der Waals surface area contributed by atoms with Gasteiger partial charge in [-0.2, -0.15) is 11.8 Å². The molecule has 4 nitrogen and oxygen atoms in total. The number of aliphatic carboxylic acids is 1. The molecule has 0 aliphatic rings. The van der Waals surface area contributed by atoms with Gasteiger partial charge in [0, 0.05) is 11.5 Å². The van der Waals surface area contributed by atoms with Gasteiger partial charge in [-0.05, 0) is 29.8 Å². The summed E-state index contributed by atoms with van der Waals surface area (Å²) in [5, 5.41) is 8.73. The summed E-state index contributed by atoms with van der Waals surface area (Å²) in [6.07, 6.45) is 0. The zero-order chi connectivity index (χ0) is 15.1. The SMILES string of the molecule is N[C@@H](CSCc1cccc(Oc2ccccc2)c1)C(=O)O. The zero-order valence-electron chi connectivity index (χ0n) is 11.4. The zero-order valence-corrected chi connectivity index (χ0v) is 12.3. The van der Waals surface area contributed by atoms with Gasteiger partial charge in [-0.15, -0.1) is 0 Å². The van der Waals surface area contributed by atoms with Crippen molar-refractivity contribution in [1.82, 2.24) is 0 Å². The summed E-state index contributed by atoms with van der Waals surface area (Å²) in [7, 11) is 0. The number of benzene rings is 2. The Morgan fingerprint density at radius 1 is 1.14 bits per heavy atom. The lowest BCUT2D eigenvalue weighted by atomic mass is 10.2. The van der Waals surface area contributed by atoms with Crippen LogP contribution >= 0.6 is 11.8 Å². The maximum absolute atomic E-state index is 10.6. The molecular formula is C16H17NO3S. The van der Waals surface area contributed by atoms with Gasteiger partial charge in [0.25, 0.3) is 0 Å². The standard InChI is InChI=1S/C16H17NO3S/c17-15(16(18)19)11-21-10-12-5-4-8-14(9-12)20-13-6-2-1-3-7-13/h1-9,15H,10-11,17H2,(H,18,19)/t15-/m0/s1. The lowest BCUT2D eigenvalue weighted by Gasteiger charge is -2.08. The summed E-state index contributed by atoms with van der Waals surface area (Å²) in [6.45, 7) is 0. The lowest BCUT2D eigenvalue weighted by Crippen LogP contribution is -2.32. The fourth-order valence-electron chi connectivity index (χ4n) is 1.70. The number of para-hydroxylation sites is 1. The van der Waals surface area contributed by atoms with Crippen LogP contribution in [-0.2, 0) is 10.5 Å². The van der Waals surface area contributed by atoms with Gasteiger partial charge in [-0.1, -0.05) is 30.3 Å². The summed E-state index contributed by atoms with van der Waals surface area (Å²) < 4.78 is 5.76. The Morgan fingerprint density at radius 2 is 1.86 bits per heavy atom. The number of thioether (sulfide) groups is 1.